The molecule has 1 aromatic rings. The largest absolute Gasteiger partial charge is 0.371 e. The van der Waals surface area contributed by atoms with E-state index in [1.165, 1.54) is 37.2 Å². The molecule has 1 saturated heterocycles. The number of nitrogens with one attached hydrogen (secondary N) is 1. The normalized spacial score (nSPS) is 15.2. The Bertz CT molecular complexity index is 382. The molecule has 3 nitrogen and oxygen atoms in total. The molecular weight excluding hydrogens is 246 g/mol. The molecule has 1 aromatic carbocycles. The molecule has 0 atom stereocenters. The van der Waals surface area contributed by atoms with E-state index in [1.807, 2.05) is 0 Å². The van der Waals surface area contributed by atoms with E-state index >= 15 is 0 Å². The van der Waals surface area contributed by atoms with E-state index in [9.17, 15) is 0 Å². The first-order valence-corrected chi connectivity index (χ1v) is 8.11. The minimum absolute atomic E-state index is 0.980. The molecule has 0 radical (unpaired) electrons. The summed E-state index contributed by atoms with van der Waals surface area (Å²) in [7, 11) is 0. The Balaban J connectivity index is 1.83. The van der Waals surface area contributed by atoms with Crippen molar-refractivity contribution in [3.8, 4) is 0 Å². The van der Waals surface area contributed by atoms with Crippen molar-refractivity contribution in [2.45, 2.75) is 33.2 Å². The van der Waals surface area contributed by atoms with E-state index in [0.29, 0.717) is 0 Å². The fraction of sp³-hybridized carbons (Fsp3) is 0.647. The third kappa shape index (κ3) is 4.22. The van der Waals surface area contributed by atoms with Crippen LogP contribution in [-0.4, -0.2) is 44.2 Å². The first-order chi connectivity index (χ1) is 9.85. The van der Waals surface area contributed by atoms with Crippen LogP contribution in [0.1, 0.15) is 32.3 Å². The van der Waals surface area contributed by atoms with E-state index in [-0.39, 0.29) is 0 Å². The molecule has 2 rings (SSSR count). The molecule has 1 aliphatic heterocycles. The first-order valence-electron chi connectivity index (χ1n) is 8.11. The molecule has 0 aromatic heterocycles. The fourth-order valence-electron chi connectivity index (χ4n) is 2.93. The Kier molecular flexibility index (Phi) is 6.34. The maximum absolute atomic E-state index is 3.60. The summed E-state index contributed by atoms with van der Waals surface area (Å²) >= 11 is 0. The van der Waals surface area contributed by atoms with Crippen LogP contribution in [0.25, 0.3) is 0 Å². The number of para-hydroxylation sites is 1. The van der Waals surface area contributed by atoms with Gasteiger partial charge in [-0.3, -0.25) is 0 Å². The molecule has 0 amide bonds. The lowest BCUT2D eigenvalue weighted by atomic mass is 10.1. The molecule has 0 saturated carbocycles. The van der Waals surface area contributed by atoms with Gasteiger partial charge in [-0.15, -0.1) is 0 Å². The second-order valence-electron chi connectivity index (χ2n) is 5.53. The van der Waals surface area contributed by atoms with E-state index < -0.39 is 0 Å². The van der Waals surface area contributed by atoms with Crippen LogP contribution in [0.4, 0.5) is 5.69 Å². The second-order valence-corrected chi connectivity index (χ2v) is 5.53. The highest BCUT2D eigenvalue weighted by atomic mass is 15.1. The number of hydrogen-bond acceptors (Lipinski definition) is 3. The Hall–Kier alpha value is -1.06. The van der Waals surface area contributed by atoms with Crippen molar-refractivity contribution in [2.24, 2.45) is 0 Å². The zero-order chi connectivity index (χ0) is 14.2. The van der Waals surface area contributed by atoms with Crippen LogP contribution in [-0.2, 0) is 6.54 Å². The average Bonchev–Trinajstić information content (AvgIpc) is 3.02. The van der Waals surface area contributed by atoms with Gasteiger partial charge in [-0.25, -0.2) is 0 Å². The highest BCUT2D eigenvalue weighted by Crippen LogP contribution is 2.24. The minimum atomic E-state index is 0.980. The lowest BCUT2D eigenvalue weighted by molar-refractivity contribution is 0.302. The third-order valence-corrected chi connectivity index (χ3v) is 4.25. The predicted molar refractivity (Wildman–Crippen MR) is 87.4 cm³/mol. The van der Waals surface area contributed by atoms with Crippen LogP contribution in [0.3, 0.4) is 0 Å². The maximum Gasteiger partial charge on any atom is 0.0411 e. The predicted octanol–water partition coefficient (Wildman–Crippen LogP) is 2.72. The highest BCUT2D eigenvalue weighted by molar-refractivity contribution is 5.54. The smallest absolute Gasteiger partial charge is 0.0411 e. The molecule has 1 fully saturated rings. The number of hydrogen-bond donors (Lipinski definition) is 1. The summed E-state index contributed by atoms with van der Waals surface area (Å²) in [6.45, 7) is 12.4. The van der Waals surface area contributed by atoms with Gasteiger partial charge in [0.2, 0.25) is 0 Å². The fourth-order valence-corrected chi connectivity index (χ4v) is 2.93. The van der Waals surface area contributed by atoms with Crippen LogP contribution in [0.2, 0.25) is 0 Å². The van der Waals surface area contributed by atoms with Crippen molar-refractivity contribution in [3.05, 3.63) is 29.8 Å². The van der Waals surface area contributed by atoms with Crippen molar-refractivity contribution in [2.75, 3.05) is 44.2 Å². The lowest BCUT2D eigenvalue weighted by Gasteiger charge is -2.22. The molecule has 0 bridgehead atoms. The Labute approximate surface area is 124 Å². The third-order valence-electron chi connectivity index (χ3n) is 4.25. The quantitative estimate of drug-likeness (QED) is 0.736. The second kappa shape index (κ2) is 8.28. The van der Waals surface area contributed by atoms with Gasteiger partial charge >= 0.3 is 0 Å². The molecule has 3 heteroatoms. The lowest BCUT2D eigenvalue weighted by Crippen LogP contribution is -2.32. The Morgan fingerprint density at radius 2 is 1.80 bits per heavy atom. The Morgan fingerprint density at radius 3 is 2.50 bits per heavy atom. The summed E-state index contributed by atoms with van der Waals surface area (Å²) in [5, 5.41) is 3.60. The summed E-state index contributed by atoms with van der Waals surface area (Å²) in [6, 6.07) is 8.85. The van der Waals surface area contributed by atoms with Gasteiger partial charge in [0.1, 0.15) is 0 Å². The molecule has 20 heavy (non-hydrogen) atoms. The van der Waals surface area contributed by atoms with Gasteiger partial charge < -0.3 is 15.1 Å². The van der Waals surface area contributed by atoms with Crippen molar-refractivity contribution >= 4 is 5.69 Å². The number of anilines is 1. The van der Waals surface area contributed by atoms with Crippen molar-refractivity contribution in [1.82, 2.24) is 10.2 Å². The van der Waals surface area contributed by atoms with Crippen molar-refractivity contribution in [3.63, 3.8) is 0 Å². The van der Waals surface area contributed by atoms with E-state index in [4.69, 9.17) is 0 Å². The SMILES string of the molecule is CCN(CC)CCNCc1ccccc1N1CCCC1. The average molecular weight is 275 g/mol. The first kappa shape index (κ1) is 15.3. The summed E-state index contributed by atoms with van der Waals surface area (Å²) in [6.07, 6.45) is 2.67. The summed E-state index contributed by atoms with van der Waals surface area (Å²) < 4.78 is 0. The molecule has 0 aliphatic carbocycles. The van der Waals surface area contributed by atoms with Gasteiger partial charge in [0.15, 0.2) is 0 Å². The number of likely N-dealkylation sites (N-methyl/N-ethyl adjacent to an activating group) is 1. The number of nitrogens with zero attached hydrogens (tertiary/aromatic N) is 2. The zero-order valence-electron chi connectivity index (χ0n) is 13.1. The highest BCUT2D eigenvalue weighted by Gasteiger charge is 2.14. The van der Waals surface area contributed by atoms with Gasteiger partial charge in [-0.2, -0.15) is 0 Å². The van der Waals surface area contributed by atoms with Gasteiger partial charge in [-0.05, 0) is 37.6 Å². The number of rotatable bonds is 8. The van der Waals surface area contributed by atoms with E-state index in [0.717, 1.165) is 32.7 Å². The van der Waals surface area contributed by atoms with Crippen LogP contribution < -0.4 is 10.2 Å². The van der Waals surface area contributed by atoms with Crippen LogP contribution in [0.5, 0.6) is 0 Å². The van der Waals surface area contributed by atoms with Gasteiger partial charge in [0.05, 0.1) is 0 Å². The summed E-state index contributed by atoms with van der Waals surface area (Å²) in [4.78, 5) is 4.99. The van der Waals surface area contributed by atoms with Gasteiger partial charge in [0.25, 0.3) is 0 Å². The molecule has 1 heterocycles. The standard InChI is InChI=1S/C17H29N3/c1-3-19(4-2)14-11-18-15-16-9-5-6-10-17(16)20-12-7-8-13-20/h5-6,9-10,18H,3-4,7-8,11-15H2,1-2H3. The Morgan fingerprint density at radius 1 is 1.10 bits per heavy atom. The molecule has 0 unspecified atom stereocenters. The maximum atomic E-state index is 3.60. The summed E-state index contributed by atoms with van der Waals surface area (Å²) in [5.74, 6) is 0. The molecule has 0 spiro atoms. The summed E-state index contributed by atoms with van der Waals surface area (Å²) in [5.41, 5.74) is 2.87. The van der Waals surface area contributed by atoms with Gasteiger partial charge in [-0.1, -0.05) is 32.0 Å². The zero-order valence-corrected chi connectivity index (χ0v) is 13.1. The number of benzene rings is 1. The minimum Gasteiger partial charge on any atom is -0.371 e. The molecular formula is C17H29N3. The molecule has 1 aliphatic rings. The topological polar surface area (TPSA) is 18.5 Å². The monoisotopic (exact) mass is 275 g/mol. The van der Waals surface area contributed by atoms with Crippen LogP contribution >= 0.6 is 0 Å². The van der Waals surface area contributed by atoms with Crippen molar-refractivity contribution < 1.29 is 0 Å². The van der Waals surface area contributed by atoms with Crippen molar-refractivity contribution in [1.29, 1.82) is 0 Å². The van der Waals surface area contributed by atoms with E-state index in [1.54, 1.807) is 0 Å². The van der Waals surface area contributed by atoms with Gasteiger partial charge in [0, 0.05) is 38.4 Å². The molecule has 112 valence electrons. The van der Waals surface area contributed by atoms with E-state index in [2.05, 4.69) is 53.2 Å². The van der Waals surface area contributed by atoms with Crippen LogP contribution in [0, 0.1) is 0 Å². The molecule has 1 N–H and O–H groups in total. The van der Waals surface area contributed by atoms with Crippen LogP contribution in [0.15, 0.2) is 24.3 Å².